The third-order valence-corrected chi connectivity index (χ3v) is 3.52. The maximum atomic E-state index is 11.5. The van der Waals surface area contributed by atoms with Crippen molar-refractivity contribution >= 4 is 5.78 Å². The third-order valence-electron chi connectivity index (χ3n) is 3.52. The second-order valence-electron chi connectivity index (χ2n) is 6.57. The van der Waals surface area contributed by atoms with Gasteiger partial charge < -0.3 is 25.5 Å². The summed E-state index contributed by atoms with van der Waals surface area (Å²) in [7, 11) is 0. The van der Waals surface area contributed by atoms with E-state index in [1.165, 1.54) is 6.08 Å². The van der Waals surface area contributed by atoms with Crippen molar-refractivity contribution in [2.24, 2.45) is 5.92 Å². The van der Waals surface area contributed by atoms with Gasteiger partial charge in [0, 0.05) is 18.8 Å². The van der Waals surface area contributed by atoms with E-state index < -0.39 is 30.5 Å². The summed E-state index contributed by atoms with van der Waals surface area (Å²) in [5.74, 6) is -0.208. The minimum Gasteiger partial charge on any atom is -0.393 e. The van der Waals surface area contributed by atoms with Crippen molar-refractivity contribution in [2.75, 3.05) is 0 Å². The Morgan fingerprint density at radius 1 is 0.870 bits per heavy atom. The van der Waals surface area contributed by atoms with Crippen LogP contribution in [-0.2, 0) is 4.79 Å². The van der Waals surface area contributed by atoms with Crippen LogP contribution in [0.15, 0.2) is 12.2 Å². The van der Waals surface area contributed by atoms with Crippen LogP contribution < -0.4 is 0 Å². The monoisotopic (exact) mass is 332 g/mol. The summed E-state index contributed by atoms with van der Waals surface area (Å²) in [5, 5.41) is 48.0. The van der Waals surface area contributed by atoms with Gasteiger partial charge in [-0.3, -0.25) is 4.79 Å². The van der Waals surface area contributed by atoms with Gasteiger partial charge in [0.05, 0.1) is 30.5 Å². The lowest BCUT2D eigenvalue weighted by molar-refractivity contribution is -0.124. The minimum atomic E-state index is -0.913. The molecule has 0 aromatic carbocycles. The number of Topliss-reactive ketones (excluding diaryl/α,β-unsaturated/α-hetero) is 1. The number of ketones is 1. The smallest absolute Gasteiger partial charge is 0.137 e. The van der Waals surface area contributed by atoms with E-state index in [1.807, 2.05) is 0 Å². The Hall–Kier alpha value is -0.790. The second-order valence-corrected chi connectivity index (χ2v) is 6.57. The number of aliphatic hydroxyl groups excluding tert-OH is 5. The first-order valence-corrected chi connectivity index (χ1v) is 8.21. The quantitative estimate of drug-likeness (QED) is 0.333. The lowest BCUT2D eigenvalue weighted by Crippen LogP contribution is -2.25. The zero-order valence-corrected chi connectivity index (χ0v) is 14.3. The van der Waals surface area contributed by atoms with Crippen LogP contribution in [0.2, 0.25) is 0 Å². The Morgan fingerprint density at radius 3 is 2.00 bits per heavy atom. The lowest BCUT2D eigenvalue weighted by atomic mass is 9.97. The Balaban J connectivity index is 4.05. The standard InChI is InChI=1S/C17H32O6/c1-11(2)17(23)10-16(22)9-15(21)8-14(20)6-4-5-13(19)7-12(3)18/h4,6,11-16,18-22H,5,7-10H2,1-3H3. The first-order chi connectivity index (χ1) is 10.6. The van der Waals surface area contributed by atoms with Crippen LogP contribution in [0.1, 0.15) is 52.9 Å². The molecule has 0 aromatic heterocycles. The van der Waals surface area contributed by atoms with Gasteiger partial charge in [-0.05, 0) is 26.2 Å². The summed E-state index contributed by atoms with van der Waals surface area (Å²) < 4.78 is 0. The summed E-state index contributed by atoms with van der Waals surface area (Å²) in [5.41, 5.74) is 0. The molecule has 0 saturated carbocycles. The second kappa shape index (κ2) is 11.7. The molecule has 0 spiro atoms. The molecular weight excluding hydrogens is 300 g/mol. The number of carbonyl (C=O) groups excluding carboxylic acids is 1. The average Bonchev–Trinajstić information content (AvgIpc) is 2.36. The highest BCUT2D eigenvalue weighted by molar-refractivity contribution is 5.80. The van der Waals surface area contributed by atoms with E-state index in [-0.39, 0.29) is 37.4 Å². The molecular formula is C17H32O6. The van der Waals surface area contributed by atoms with E-state index in [2.05, 4.69) is 0 Å². The fourth-order valence-corrected chi connectivity index (χ4v) is 2.20. The van der Waals surface area contributed by atoms with Gasteiger partial charge in [0.1, 0.15) is 5.78 Å². The molecule has 5 unspecified atom stereocenters. The summed E-state index contributed by atoms with van der Waals surface area (Å²) in [6, 6.07) is 0. The van der Waals surface area contributed by atoms with Crippen molar-refractivity contribution < 1.29 is 30.3 Å². The van der Waals surface area contributed by atoms with Crippen molar-refractivity contribution in [3.8, 4) is 0 Å². The Kier molecular flexibility index (Phi) is 11.3. The summed E-state index contributed by atoms with van der Waals surface area (Å²) >= 11 is 0. The largest absolute Gasteiger partial charge is 0.393 e. The zero-order chi connectivity index (χ0) is 18.0. The van der Waals surface area contributed by atoms with Crippen molar-refractivity contribution in [3.05, 3.63) is 12.2 Å². The Morgan fingerprint density at radius 2 is 1.48 bits per heavy atom. The number of hydrogen-bond acceptors (Lipinski definition) is 6. The van der Waals surface area contributed by atoms with E-state index >= 15 is 0 Å². The van der Waals surface area contributed by atoms with E-state index in [1.54, 1.807) is 26.8 Å². The van der Waals surface area contributed by atoms with Crippen molar-refractivity contribution in [3.63, 3.8) is 0 Å². The third kappa shape index (κ3) is 12.3. The Labute approximate surface area is 138 Å². The zero-order valence-electron chi connectivity index (χ0n) is 14.3. The summed E-state index contributed by atoms with van der Waals surface area (Å²) in [6.45, 7) is 5.10. The molecule has 0 radical (unpaired) electrons. The predicted molar refractivity (Wildman–Crippen MR) is 87.8 cm³/mol. The van der Waals surface area contributed by atoms with Gasteiger partial charge >= 0.3 is 0 Å². The molecule has 0 saturated heterocycles. The first kappa shape index (κ1) is 22.2. The molecule has 0 rings (SSSR count). The molecule has 23 heavy (non-hydrogen) atoms. The van der Waals surface area contributed by atoms with Crippen LogP contribution in [-0.4, -0.2) is 61.8 Å². The highest BCUT2D eigenvalue weighted by atomic mass is 16.3. The van der Waals surface area contributed by atoms with Crippen molar-refractivity contribution in [2.45, 2.75) is 83.4 Å². The highest BCUT2D eigenvalue weighted by Gasteiger charge is 2.19. The van der Waals surface area contributed by atoms with Gasteiger partial charge in [-0.15, -0.1) is 0 Å². The van der Waals surface area contributed by atoms with Gasteiger partial charge in [-0.25, -0.2) is 0 Å². The van der Waals surface area contributed by atoms with Crippen molar-refractivity contribution in [1.29, 1.82) is 0 Å². The van der Waals surface area contributed by atoms with Gasteiger partial charge in [-0.1, -0.05) is 26.0 Å². The molecule has 0 aliphatic carbocycles. The summed E-state index contributed by atoms with van der Waals surface area (Å²) in [6.07, 6.45) is -0.234. The molecule has 6 nitrogen and oxygen atoms in total. The van der Waals surface area contributed by atoms with Crippen LogP contribution in [0.4, 0.5) is 0 Å². The maximum absolute atomic E-state index is 11.5. The van der Waals surface area contributed by atoms with Gasteiger partial charge in [-0.2, -0.15) is 0 Å². The highest BCUT2D eigenvalue weighted by Crippen LogP contribution is 2.12. The van der Waals surface area contributed by atoms with Gasteiger partial charge in [0.25, 0.3) is 0 Å². The van der Waals surface area contributed by atoms with Crippen LogP contribution in [0.3, 0.4) is 0 Å². The Bertz CT molecular complexity index is 353. The SMILES string of the molecule is CC(O)CC(O)CC=CC(O)CC(O)CC(O)CC(=O)C(C)C. The van der Waals surface area contributed by atoms with Crippen LogP contribution in [0.25, 0.3) is 0 Å². The fourth-order valence-electron chi connectivity index (χ4n) is 2.20. The van der Waals surface area contributed by atoms with E-state index in [0.29, 0.717) is 6.42 Å². The molecule has 0 heterocycles. The fraction of sp³-hybridized carbons (Fsp3) is 0.824. The first-order valence-electron chi connectivity index (χ1n) is 8.21. The van der Waals surface area contributed by atoms with E-state index in [4.69, 9.17) is 5.11 Å². The number of aliphatic hydroxyl groups is 5. The molecule has 5 atom stereocenters. The van der Waals surface area contributed by atoms with Gasteiger partial charge in [0.2, 0.25) is 0 Å². The minimum absolute atomic E-state index is 0.00615. The molecule has 5 N–H and O–H groups in total. The topological polar surface area (TPSA) is 118 Å². The van der Waals surface area contributed by atoms with Crippen LogP contribution in [0, 0.1) is 5.92 Å². The predicted octanol–water partition coefficient (Wildman–Crippen LogP) is 0.543. The van der Waals surface area contributed by atoms with E-state index in [0.717, 1.165) is 0 Å². The molecule has 0 aromatic rings. The van der Waals surface area contributed by atoms with Crippen LogP contribution >= 0.6 is 0 Å². The summed E-state index contributed by atoms with van der Waals surface area (Å²) in [4.78, 5) is 11.5. The van der Waals surface area contributed by atoms with E-state index in [9.17, 15) is 25.2 Å². The normalized spacial score (nSPS) is 18.8. The average molecular weight is 332 g/mol. The molecule has 0 fully saturated rings. The molecule has 0 aliphatic rings. The molecule has 6 heteroatoms. The van der Waals surface area contributed by atoms with Crippen molar-refractivity contribution in [1.82, 2.24) is 0 Å². The molecule has 0 amide bonds. The number of rotatable bonds is 12. The maximum Gasteiger partial charge on any atom is 0.137 e. The van der Waals surface area contributed by atoms with Crippen LogP contribution in [0.5, 0.6) is 0 Å². The molecule has 0 aliphatic heterocycles. The molecule has 136 valence electrons. The number of hydrogen-bond donors (Lipinski definition) is 5. The lowest BCUT2D eigenvalue weighted by Gasteiger charge is -2.17. The molecule has 0 bridgehead atoms. The number of carbonyl (C=O) groups is 1. The van der Waals surface area contributed by atoms with Gasteiger partial charge in [0.15, 0.2) is 0 Å².